The molecule has 0 aliphatic carbocycles. The number of hydrogen-bond donors (Lipinski definition) is 3. The largest absolute Gasteiger partial charge is 0.508 e. The molecule has 0 aliphatic heterocycles. The number of benzene rings is 1. The fourth-order valence-electron chi connectivity index (χ4n) is 1.44. The fraction of sp³-hybridized carbons (Fsp3) is 0. The van der Waals surface area contributed by atoms with E-state index in [1.165, 1.54) is 24.3 Å². The lowest BCUT2D eigenvalue weighted by Gasteiger charge is -1.97. The first-order valence-corrected chi connectivity index (χ1v) is 6.47. The third-order valence-corrected chi connectivity index (χ3v) is 3.37. The molecule has 0 bridgehead atoms. The van der Waals surface area contributed by atoms with Crippen LogP contribution in [0.1, 0.15) is 15.2 Å². The van der Waals surface area contributed by atoms with Crippen LogP contribution in [0.5, 0.6) is 5.75 Å². The summed E-state index contributed by atoms with van der Waals surface area (Å²) >= 11 is 0.995. The Hall–Kier alpha value is -2.60. The number of phenolic OH excluding ortho intramolecular Hbond substituents is 1. The molecule has 3 N–H and O–H groups in total. The maximum Gasteiger partial charge on any atom is 0.345 e. The zero-order valence-corrected chi connectivity index (χ0v) is 11.1. The van der Waals surface area contributed by atoms with Gasteiger partial charge in [-0.05, 0) is 35.9 Å². The molecule has 0 atom stereocenters. The van der Waals surface area contributed by atoms with Gasteiger partial charge in [-0.2, -0.15) is 0 Å². The maximum absolute atomic E-state index is 11.6. The second-order valence-electron chi connectivity index (χ2n) is 3.88. The summed E-state index contributed by atoms with van der Waals surface area (Å²) in [6.45, 7) is 0. The molecule has 2 aromatic rings. The van der Waals surface area contributed by atoms with Gasteiger partial charge in [-0.1, -0.05) is 12.1 Å². The lowest BCUT2D eigenvalue weighted by Crippen LogP contribution is -2.06. The number of phenols is 1. The average Bonchev–Trinajstić information content (AvgIpc) is 2.87. The van der Waals surface area contributed by atoms with E-state index in [4.69, 9.17) is 10.2 Å². The van der Waals surface area contributed by atoms with Crippen molar-refractivity contribution in [2.45, 2.75) is 0 Å². The van der Waals surface area contributed by atoms with Crippen LogP contribution in [-0.2, 0) is 4.79 Å². The van der Waals surface area contributed by atoms with E-state index in [9.17, 15) is 9.59 Å². The Kier molecular flexibility index (Phi) is 4.17. The molecule has 102 valence electrons. The summed E-state index contributed by atoms with van der Waals surface area (Å²) in [6, 6.07) is 9.37. The predicted octanol–water partition coefficient (Wildman–Crippen LogP) is 2.80. The zero-order chi connectivity index (χ0) is 14.5. The van der Waals surface area contributed by atoms with Crippen LogP contribution in [0.4, 0.5) is 5.00 Å². The molecule has 1 heterocycles. The minimum absolute atomic E-state index is 0.159. The summed E-state index contributed by atoms with van der Waals surface area (Å²) in [5.74, 6) is -1.21. The maximum atomic E-state index is 11.6. The number of amides is 1. The van der Waals surface area contributed by atoms with Crippen molar-refractivity contribution in [3.8, 4) is 5.75 Å². The molecule has 0 aliphatic rings. The van der Waals surface area contributed by atoms with Gasteiger partial charge in [-0.15, -0.1) is 11.3 Å². The van der Waals surface area contributed by atoms with Gasteiger partial charge in [0.05, 0.1) is 5.00 Å². The van der Waals surface area contributed by atoms with Gasteiger partial charge in [0, 0.05) is 6.08 Å². The molecular weight excluding hydrogens is 278 g/mol. The Morgan fingerprint density at radius 3 is 2.40 bits per heavy atom. The summed E-state index contributed by atoms with van der Waals surface area (Å²) in [5.41, 5.74) is 0.773. The van der Waals surface area contributed by atoms with Crippen molar-refractivity contribution in [1.29, 1.82) is 0 Å². The number of carboxylic acids is 1. The first kappa shape index (κ1) is 13.8. The summed E-state index contributed by atoms with van der Waals surface area (Å²) in [4.78, 5) is 22.5. The Bertz CT molecular complexity index is 658. The van der Waals surface area contributed by atoms with Gasteiger partial charge in [0.1, 0.15) is 10.6 Å². The monoisotopic (exact) mass is 289 g/mol. The SMILES string of the molecule is O=C(/C=C/c1ccc(O)cc1)Nc1ccc(C(=O)O)s1. The minimum atomic E-state index is -1.02. The molecule has 0 saturated heterocycles. The second kappa shape index (κ2) is 6.03. The van der Waals surface area contributed by atoms with E-state index in [0.29, 0.717) is 5.00 Å². The Balaban J connectivity index is 1.97. The van der Waals surface area contributed by atoms with Crippen molar-refractivity contribution in [3.05, 3.63) is 52.9 Å². The van der Waals surface area contributed by atoms with Gasteiger partial charge >= 0.3 is 5.97 Å². The quantitative estimate of drug-likeness (QED) is 0.755. The zero-order valence-electron chi connectivity index (χ0n) is 10.2. The van der Waals surface area contributed by atoms with Gasteiger partial charge in [0.25, 0.3) is 0 Å². The van der Waals surface area contributed by atoms with Gasteiger partial charge in [-0.25, -0.2) is 4.79 Å². The molecular formula is C14H11NO4S. The number of anilines is 1. The number of hydrogen-bond acceptors (Lipinski definition) is 4. The minimum Gasteiger partial charge on any atom is -0.508 e. The lowest BCUT2D eigenvalue weighted by atomic mass is 10.2. The molecule has 20 heavy (non-hydrogen) atoms. The average molecular weight is 289 g/mol. The molecule has 1 amide bonds. The molecule has 6 heteroatoms. The van der Waals surface area contributed by atoms with Crippen molar-refractivity contribution < 1.29 is 19.8 Å². The first-order chi connectivity index (χ1) is 9.54. The van der Waals surface area contributed by atoms with Crippen LogP contribution >= 0.6 is 11.3 Å². The van der Waals surface area contributed by atoms with Crippen LogP contribution in [-0.4, -0.2) is 22.1 Å². The first-order valence-electron chi connectivity index (χ1n) is 5.66. The van der Waals surface area contributed by atoms with E-state index in [1.54, 1.807) is 24.3 Å². The Labute approximate surface area is 118 Å². The topological polar surface area (TPSA) is 86.6 Å². The van der Waals surface area contributed by atoms with Crippen molar-refractivity contribution in [1.82, 2.24) is 0 Å². The van der Waals surface area contributed by atoms with E-state index in [0.717, 1.165) is 16.9 Å². The molecule has 0 saturated carbocycles. The van der Waals surface area contributed by atoms with Crippen molar-refractivity contribution in [2.75, 3.05) is 5.32 Å². The van der Waals surface area contributed by atoms with E-state index in [-0.39, 0.29) is 16.5 Å². The van der Waals surface area contributed by atoms with Gasteiger partial charge in [0.15, 0.2) is 0 Å². The Morgan fingerprint density at radius 1 is 1.10 bits per heavy atom. The summed E-state index contributed by atoms with van der Waals surface area (Å²) in [7, 11) is 0. The van der Waals surface area contributed by atoms with Crippen LogP contribution < -0.4 is 5.32 Å². The third-order valence-electron chi connectivity index (χ3n) is 2.38. The molecule has 2 rings (SSSR count). The van der Waals surface area contributed by atoms with E-state index in [2.05, 4.69) is 5.32 Å². The standard InChI is InChI=1S/C14H11NO4S/c16-10-4-1-9(2-5-10)3-7-12(17)15-13-8-6-11(20-13)14(18)19/h1-8,16H,(H,15,17)(H,18,19)/b7-3+. The van der Waals surface area contributed by atoms with Gasteiger partial charge < -0.3 is 15.5 Å². The van der Waals surface area contributed by atoms with Crippen molar-refractivity contribution in [2.24, 2.45) is 0 Å². The second-order valence-corrected chi connectivity index (χ2v) is 4.97. The number of thiophene rings is 1. The molecule has 0 unspecified atom stereocenters. The number of aromatic carboxylic acids is 1. The summed E-state index contributed by atoms with van der Waals surface area (Å²) < 4.78 is 0. The summed E-state index contributed by atoms with van der Waals surface area (Å²) in [6.07, 6.45) is 2.94. The van der Waals surface area contributed by atoms with Crippen LogP contribution in [0.2, 0.25) is 0 Å². The van der Waals surface area contributed by atoms with E-state index in [1.807, 2.05) is 0 Å². The number of carboxylic acid groups (broad SMARTS) is 1. The molecule has 0 spiro atoms. The highest BCUT2D eigenvalue weighted by Gasteiger charge is 2.07. The Morgan fingerprint density at radius 2 is 1.80 bits per heavy atom. The van der Waals surface area contributed by atoms with Gasteiger partial charge in [-0.3, -0.25) is 4.79 Å². The third kappa shape index (κ3) is 3.69. The van der Waals surface area contributed by atoms with Crippen molar-refractivity contribution in [3.63, 3.8) is 0 Å². The molecule has 0 fully saturated rings. The highest BCUT2D eigenvalue weighted by molar-refractivity contribution is 7.18. The lowest BCUT2D eigenvalue weighted by molar-refractivity contribution is -0.111. The number of carbonyl (C=O) groups is 2. The van der Waals surface area contributed by atoms with E-state index >= 15 is 0 Å². The predicted molar refractivity (Wildman–Crippen MR) is 77.0 cm³/mol. The van der Waals surface area contributed by atoms with Crippen LogP contribution in [0.3, 0.4) is 0 Å². The molecule has 1 aromatic heterocycles. The number of carbonyl (C=O) groups excluding carboxylic acids is 1. The van der Waals surface area contributed by atoms with E-state index < -0.39 is 5.97 Å². The fourth-order valence-corrected chi connectivity index (χ4v) is 2.19. The smallest absolute Gasteiger partial charge is 0.345 e. The molecule has 5 nitrogen and oxygen atoms in total. The van der Waals surface area contributed by atoms with Crippen LogP contribution in [0.25, 0.3) is 6.08 Å². The summed E-state index contributed by atoms with van der Waals surface area (Å²) in [5, 5.41) is 20.9. The molecule has 0 radical (unpaired) electrons. The molecule has 1 aromatic carbocycles. The van der Waals surface area contributed by atoms with Crippen molar-refractivity contribution >= 4 is 34.3 Å². The van der Waals surface area contributed by atoms with Gasteiger partial charge in [0.2, 0.25) is 5.91 Å². The number of nitrogens with one attached hydrogen (secondary N) is 1. The number of rotatable bonds is 4. The normalized spacial score (nSPS) is 10.6. The number of aromatic hydroxyl groups is 1. The highest BCUT2D eigenvalue weighted by atomic mass is 32.1. The van der Waals surface area contributed by atoms with Crippen LogP contribution in [0, 0.1) is 0 Å². The highest BCUT2D eigenvalue weighted by Crippen LogP contribution is 2.21. The van der Waals surface area contributed by atoms with Crippen LogP contribution in [0.15, 0.2) is 42.5 Å².